The third-order valence-electron chi connectivity index (χ3n) is 4.84. The number of rotatable bonds is 6. The van der Waals surface area contributed by atoms with E-state index in [0.29, 0.717) is 6.04 Å². The van der Waals surface area contributed by atoms with E-state index in [-0.39, 0.29) is 0 Å². The second kappa shape index (κ2) is 5.50. The maximum atomic E-state index is 5.96. The smallest absolute Gasteiger partial charge is 0.00483 e. The highest BCUT2D eigenvalue weighted by Gasteiger charge is 2.39. The second-order valence-electron chi connectivity index (χ2n) is 6.15. The van der Waals surface area contributed by atoms with Crippen LogP contribution in [0.1, 0.15) is 45.4 Å². The summed E-state index contributed by atoms with van der Waals surface area (Å²) < 4.78 is 0. The summed E-state index contributed by atoms with van der Waals surface area (Å²) in [6.07, 6.45) is 8.35. The Morgan fingerprint density at radius 1 is 1.31 bits per heavy atom. The maximum Gasteiger partial charge on any atom is 0.00483 e. The molecule has 2 fully saturated rings. The van der Waals surface area contributed by atoms with E-state index in [4.69, 9.17) is 5.73 Å². The molecule has 0 aliphatic heterocycles. The minimum atomic E-state index is 0.405. The van der Waals surface area contributed by atoms with Crippen molar-refractivity contribution in [2.45, 2.75) is 51.5 Å². The molecule has 2 aliphatic rings. The van der Waals surface area contributed by atoms with Crippen LogP contribution in [0.15, 0.2) is 0 Å². The summed E-state index contributed by atoms with van der Waals surface area (Å²) in [5.41, 5.74) is 5.96. The molecule has 2 rings (SSSR count). The predicted octanol–water partition coefficient (Wildman–Crippen LogP) is 2.48. The lowest BCUT2D eigenvalue weighted by Gasteiger charge is -2.27. The lowest BCUT2D eigenvalue weighted by atomic mass is 9.88. The van der Waals surface area contributed by atoms with Gasteiger partial charge >= 0.3 is 0 Å². The van der Waals surface area contributed by atoms with E-state index >= 15 is 0 Å². The van der Waals surface area contributed by atoms with Crippen molar-refractivity contribution in [2.75, 3.05) is 20.1 Å². The summed E-state index contributed by atoms with van der Waals surface area (Å²) in [7, 11) is 2.27. The Labute approximate surface area is 101 Å². The van der Waals surface area contributed by atoms with Gasteiger partial charge in [-0.2, -0.15) is 0 Å². The average Bonchev–Trinajstić information content (AvgIpc) is 2.87. The highest BCUT2D eigenvalue weighted by molar-refractivity contribution is 4.90. The van der Waals surface area contributed by atoms with Crippen LogP contribution in [0.5, 0.6) is 0 Å². The molecule has 2 N–H and O–H groups in total. The molecule has 0 radical (unpaired) electrons. The zero-order valence-corrected chi connectivity index (χ0v) is 11.0. The molecule has 0 saturated heterocycles. The molecule has 2 saturated carbocycles. The minimum absolute atomic E-state index is 0.405. The first-order valence-electron chi connectivity index (χ1n) is 7.13. The van der Waals surface area contributed by atoms with Crippen molar-refractivity contribution < 1.29 is 0 Å². The van der Waals surface area contributed by atoms with Gasteiger partial charge in [-0.05, 0) is 63.5 Å². The van der Waals surface area contributed by atoms with Crippen LogP contribution in [0, 0.1) is 17.8 Å². The van der Waals surface area contributed by atoms with Gasteiger partial charge in [0, 0.05) is 12.6 Å². The van der Waals surface area contributed by atoms with E-state index in [2.05, 4.69) is 18.9 Å². The van der Waals surface area contributed by atoms with Crippen molar-refractivity contribution in [2.24, 2.45) is 23.5 Å². The van der Waals surface area contributed by atoms with Crippen molar-refractivity contribution in [3.63, 3.8) is 0 Å². The van der Waals surface area contributed by atoms with Crippen molar-refractivity contribution >= 4 is 0 Å². The van der Waals surface area contributed by atoms with Crippen LogP contribution < -0.4 is 5.73 Å². The lowest BCUT2D eigenvalue weighted by molar-refractivity contribution is 0.214. The molecule has 0 amide bonds. The fraction of sp³-hybridized carbons (Fsp3) is 1.00. The standard InChI is InChI=1S/C14H28N2/c1-3-14(15)6-7-16(2)10-13-9-11-4-5-12(13)8-11/h11-14H,3-10,15H2,1-2H3. The molecular weight excluding hydrogens is 196 g/mol. The van der Waals surface area contributed by atoms with E-state index in [1.807, 2.05) is 0 Å². The molecule has 2 bridgehead atoms. The van der Waals surface area contributed by atoms with E-state index in [1.165, 1.54) is 38.8 Å². The summed E-state index contributed by atoms with van der Waals surface area (Å²) in [5.74, 6) is 3.15. The van der Waals surface area contributed by atoms with Crippen LogP contribution in [0.25, 0.3) is 0 Å². The third kappa shape index (κ3) is 2.98. The molecule has 0 aromatic carbocycles. The van der Waals surface area contributed by atoms with Gasteiger partial charge in [0.25, 0.3) is 0 Å². The van der Waals surface area contributed by atoms with Crippen molar-refractivity contribution in [1.29, 1.82) is 0 Å². The Balaban J connectivity index is 1.65. The molecule has 2 aliphatic carbocycles. The van der Waals surface area contributed by atoms with E-state index in [9.17, 15) is 0 Å². The minimum Gasteiger partial charge on any atom is -0.328 e. The SMILES string of the molecule is CCC(N)CCN(C)CC1CC2CCC1C2. The summed E-state index contributed by atoms with van der Waals surface area (Å²) in [6.45, 7) is 4.68. The lowest BCUT2D eigenvalue weighted by Crippen LogP contribution is -2.32. The van der Waals surface area contributed by atoms with Crippen LogP contribution in [0.3, 0.4) is 0 Å². The molecule has 2 heteroatoms. The first-order valence-corrected chi connectivity index (χ1v) is 7.13. The molecule has 4 atom stereocenters. The Morgan fingerprint density at radius 3 is 2.69 bits per heavy atom. The van der Waals surface area contributed by atoms with Gasteiger partial charge < -0.3 is 10.6 Å². The largest absolute Gasteiger partial charge is 0.328 e. The summed E-state index contributed by atoms with van der Waals surface area (Å²) in [5, 5.41) is 0. The molecular formula is C14H28N2. The van der Waals surface area contributed by atoms with E-state index in [0.717, 1.165) is 30.6 Å². The van der Waals surface area contributed by atoms with Crippen molar-refractivity contribution in [1.82, 2.24) is 4.90 Å². The summed E-state index contributed by atoms with van der Waals surface area (Å²) in [6, 6.07) is 0.405. The fourth-order valence-electron chi connectivity index (χ4n) is 3.68. The molecule has 0 aromatic heterocycles. The molecule has 4 unspecified atom stereocenters. The molecule has 16 heavy (non-hydrogen) atoms. The number of nitrogens with two attached hydrogens (primary N) is 1. The van der Waals surface area contributed by atoms with Crippen molar-refractivity contribution in [3.8, 4) is 0 Å². The first kappa shape index (κ1) is 12.4. The van der Waals surface area contributed by atoms with Crippen LogP contribution in [-0.2, 0) is 0 Å². The maximum absolute atomic E-state index is 5.96. The van der Waals surface area contributed by atoms with E-state index in [1.54, 1.807) is 0 Å². The number of fused-ring (bicyclic) bond motifs is 2. The highest BCUT2D eigenvalue weighted by atomic mass is 15.1. The zero-order chi connectivity index (χ0) is 11.5. The molecule has 0 aromatic rings. The van der Waals surface area contributed by atoms with Gasteiger partial charge in [0.1, 0.15) is 0 Å². The van der Waals surface area contributed by atoms with Gasteiger partial charge in [0.2, 0.25) is 0 Å². The number of hydrogen-bond acceptors (Lipinski definition) is 2. The topological polar surface area (TPSA) is 29.3 Å². The van der Waals surface area contributed by atoms with Crippen LogP contribution in [-0.4, -0.2) is 31.1 Å². The normalized spacial score (nSPS) is 34.9. The van der Waals surface area contributed by atoms with Gasteiger partial charge in [-0.1, -0.05) is 13.3 Å². The monoisotopic (exact) mass is 224 g/mol. The fourth-order valence-corrected chi connectivity index (χ4v) is 3.68. The Bertz CT molecular complexity index is 217. The van der Waals surface area contributed by atoms with Crippen LogP contribution in [0.4, 0.5) is 0 Å². The first-order chi connectivity index (χ1) is 7.69. The zero-order valence-electron chi connectivity index (χ0n) is 11.0. The number of hydrogen-bond donors (Lipinski definition) is 1. The molecule has 2 nitrogen and oxygen atoms in total. The van der Waals surface area contributed by atoms with Gasteiger partial charge in [-0.15, -0.1) is 0 Å². The van der Waals surface area contributed by atoms with Crippen LogP contribution in [0.2, 0.25) is 0 Å². The van der Waals surface area contributed by atoms with Crippen molar-refractivity contribution in [3.05, 3.63) is 0 Å². The Hall–Kier alpha value is -0.0800. The second-order valence-corrected chi connectivity index (χ2v) is 6.15. The summed E-state index contributed by atoms with van der Waals surface area (Å²) >= 11 is 0. The van der Waals surface area contributed by atoms with Gasteiger partial charge in [-0.3, -0.25) is 0 Å². The number of nitrogens with zero attached hydrogens (tertiary/aromatic N) is 1. The highest BCUT2D eigenvalue weighted by Crippen LogP contribution is 2.48. The average molecular weight is 224 g/mol. The third-order valence-corrected chi connectivity index (χ3v) is 4.84. The predicted molar refractivity (Wildman–Crippen MR) is 69.3 cm³/mol. The van der Waals surface area contributed by atoms with Gasteiger partial charge in [0.15, 0.2) is 0 Å². The van der Waals surface area contributed by atoms with Crippen LogP contribution >= 0.6 is 0 Å². The molecule has 0 heterocycles. The Kier molecular flexibility index (Phi) is 4.26. The van der Waals surface area contributed by atoms with E-state index < -0.39 is 0 Å². The quantitative estimate of drug-likeness (QED) is 0.751. The summed E-state index contributed by atoms with van der Waals surface area (Å²) in [4.78, 5) is 2.51. The molecule has 0 spiro atoms. The van der Waals surface area contributed by atoms with Gasteiger partial charge in [-0.25, -0.2) is 0 Å². The molecule has 94 valence electrons. The van der Waals surface area contributed by atoms with Gasteiger partial charge in [0.05, 0.1) is 0 Å². The Morgan fingerprint density at radius 2 is 2.12 bits per heavy atom.